The van der Waals surface area contributed by atoms with E-state index in [-0.39, 0.29) is 10.9 Å². The average Bonchev–Trinajstić information content (AvgIpc) is 2.87. The summed E-state index contributed by atoms with van der Waals surface area (Å²) in [6.07, 6.45) is -4.80. The molecule has 1 heterocycles. The van der Waals surface area contributed by atoms with E-state index >= 15 is 0 Å². The highest BCUT2D eigenvalue weighted by molar-refractivity contribution is 8.14. The molecule has 1 saturated heterocycles. The van der Waals surface area contributed by atoms with Gasteiger partial charge in [0.25, 0.3) is 5.72 Å². The number of halogens is 3. The summed E-state index contributed by atoms with van der Waals surface area (Å²) >= 11 is 0.880. The Labute approximate surface area is 135 Å². The minimum Gasteiger partial charge on any atom is -0.362 e. The lowest BCUT2D eigenvalue weighted by molar-refractivity contribution is -0.244. The minimum atomic E-state index is -4.80. The lowest BCUT2D eigenvalue weighted by atomic mass is 10.2. The number of para-hydroxylation sites is 2. The van der Waals surface area contributed by atoms with Gasteiger partial charge in [0.15, 0.2) is 5.17 Å². The fourth-order valence-electron chi connectivity index (χ4n) is 2.26. The summed E-state index contributed by atoms with van der Waals surface area (Å²) in [7, 11) is 0. The second kappa shape index (κ2) is 5.90. The SMILES string of the molecule is O[C@]1(C(F)(F)F)CSC(=Nc2ccccc2)N1c1ccccc1. The number of benzene rings is 2. The molecule has 0 radical (unpaired) electrons. The Hall–Kier alpha value is -1.99. The van der Waals surface area contributed by atoms with Crippen LogP contribution in [0.4, 0.5) is 24.5 Å². The van der Waals surface area contributed by atoms with Gasteiger partial charge in [-0.2, -0.15) is 13.2 Å². The van der Waals surface area contributed by atoms with Gasteiger partial charge in [-0.1, -0.05) is 48.2 Å². The summed E-state index contributed by atoms with van der Waals surface area (Å²) in [5.41, 5.74) is -2.21. The molecule has 1 atom stereocenters. The van der Waals surface area contributed by atoms with Gasteiger partial charge in [-0.05, 0) is 24.3 Å². The Morgan fingerprint density at radius 1 is 1.00 bits per heavy atom. The molecule has 0 bridgehead atoms. The van der Waals surface area contributed by atoms with Crippen LogP contribution in [0.1, 0.15) is 0 Å². The van der Waals surface area contributed by atoms with Gasteiger partial charge >= 0.3 is 6.18 Å². The minimum absolute atomic E-state index is 0.113. The third kappa shape index (κ3) is 2.94. The second-order valence-electron chi connectivity index (χ2n) is 5.00. The first-order valence-corrected chi connectivity index (χ1v) is 7.81. The van der Waals surface area contributed by atoms with E-state index in [4.69, 9.17) is 0 Å². The molecule has 3 nitrogen and oxygen atoms in total. The van der Waals surface area contributed by atoms with Gasteiger partial charge in [0.2, 0.25) is 0 Å². The van der Waals surface area contributed by atoms with E-state index < -0.39 is 17.7 Å². The topological polar surface area (TPSA) is 35.8 Å². The molecule has 1 fully saturated rings. The van der Waals surface area contributed by atoms with Crippen molar-refractivity contribution >= 4 is 28.3 Å². The first-order chi connectivity index (χ1) is 10.9. The van der Waals surface area contributed by atoms with Crippen molar-refractivity contribution in [1.82, 2.24) is 0 Å². The zero-order valence-corrected chi connectivity index (χ0v) is 12.7. The van der Waals surface area contributed by atoms with Crippen LogP contribution in [0.25, 0.3) is 0 Å². The van der Waals surface area contributed by atoms with Gasteiger partial charge in [0, 0.05) is 5.69 Å². The molecule has 0 spiro atoms. The fraction of sp³-hybridized carbons (Fsp3) is 0.188. The Bertz CT molecular complexity index is 706. The fourth-order valence-corrected chi connectivity index (χ4v) is 3.44. The zero-order chi connectivity index (χ0) is 16.5. The van der Waals surface area contributed by atoms with Gasteiger partial charge in [-0.15, -0.1) is 0 Å². The number of aliphatic hydroxyl groups is 1. The van der Waals surface area contributed by atoms with Crippen molar-refractivity contribution in [2.24, 2.45) is 4.99 Å². The summed E-state index contributed by atoms with van der Waals surface area (Å²) < 4.78 is 40.3. The molecule has 1 aliphatic rings. The van der Waals surface area contributed by atoms with Crippen molar-refractivity contribution in [2.75, 3.05) is 10.7 Å². The molecular formula is C16H13F3N2OS. The number of nitrogens with zero attached hydrogens (tertiary/aromatic N) is 2. The van der Waals surface area contributed by atoms with E-state index in [1.54, 1.807) is 48.5 Å². The summed E-state index contributed by atoms with van der Waals surface area (Å²) in [6.45, 7) is 0. The number of anilines is 1. The predicted octanol–water partition coefficient (Wildman–Crippen LogP) is 4.18. The monoisotopic (exact) mass is 338 g/mol. The molecule has 7 heteroatoms. The highest BCUT2D eigenvalue weighted by Crippen LogP contribution is 2.45. The Kier molecular flexibility index (Phi) is 4.08. The number of thioether (sulfide) groups is 1. The normalized spacial score (nSPS) is 23.5. The van der Waals surface area contributed by atoms with E-state index in [9.17, 15) is 18.3 Å². The second-order valence-corrected chi connectivity index (χ2v) is 5.95. The van der Waals surface area contributed by atoms with Crippen LogP contribution < -0.4 is 4.90 Å². The van der Waals surface area contributed by atoms with Gasteiger partial charge in [-0.25, -0.2) is 4.99 Å². The van der Waals surface area contributed by atoms with E-state index in [0.717, 1.165) is 16.7 Å². The number of hydrogen-bond acceptors (Lipinski definition) is 3. The zero-order valence-electron chi connectivity index (χ0n) is 11.9. The summed E-state index contributed by atoms with van der Waals surface area (Å²) in [5.74, 6) is -0.531. The predicted molar refractivity (Wildman–Crippen MR) is 85.9 cm³/mol. The third-order valence-electron chi connectivity index (χ3n) is 3.41. The van der Waals surface area contributed by atoms with Gasteiger partial charge in [0.05, 0.1) is 11.4 Å². The third-order valence-corrected chi connectivity index (χ3v) is 4.49. The maximum Gasteiger partial charge on any atom is 0.437 e. The van der Waals surface area contributed by atoms with Crippen molar-refractivity contribution in [3.05, 3.63) is 60.7 Å². The number of alkyl halides is 3. The van der Waals surface area contributed by atoms with Crippen LogP contribution in [0.5, 0.6) is 0 Å². The first-order valence-electron chi connectivity index (χ1n) is 6.83. The van der Waals surface area contributed by atoms with Crippen molar-refractivity contribution in [1.29, 1.82) is 0 Å². The molecule has 2 aromatic rings. The Morgan fingerprint density at radius 3 is 2.13 bits per heavy atom. The van der Waals surface area contributed by atoms with Gasteiger partial charge in [0.1, 0.15) is 0 Å². The molecule has 0 amide bonds. The van der Waals surface area contributed by atoms with Crippen LogP contribution in [0.3, 0.4) is 0 Å². The van der Waals surface area contributed by atoms with Crippen molar-refractivity contribution in [3.63, 3.8) is 0 Å². The van der Waals surface area contributed by atoms with Crippen LogP contribution in [0, 0.1) is 0 Å². The number of amidine groups is 1. The van der Waals surface area contributed by atoms with E-state index in [0.29, 0.717) is 5.69 Å². The maximum absolute atomic E-state index is 13.4. The quantitative estimate of drug-likeness (QED) is 0.892. The van der Waals surface area contributed by atoms with Crippen LogP contribution in [0.15, 0.2) is 65.7 Å². The number of rotatable bonds is 2. The van der Waals surface area contributed by atoms with Crippen LogP contribution in [-0.4, -0.2) is 27.9 Å². The van der Waals surface area contributed by atoms with Crippen molar-refractivity contribution in [2.45, 2.75) is 11.9 Å². The molecule has 0 saturated carbocycles. The Morgan fingerprint density at radius 2 is 1.57 bits per heavy atom. The molecule has 0 aliphatic carbocycles. The smallest absolute Gasteiger partial charge is 0.362 e. The van der Waals surface area contributed by atoms with E-state index in [1.165, 1.54) is 12.1 Å². The molecule has 3 rings (SSSR count). The summed E-state index contributed by atoms with van der Waals surface area (Å²) in [4.78, 5) is 5.12. The molecule has 1 N–H and O–H groups in total. The van der Waals surface area contributed by atoms with E-state index in [2.05, 4.69) is 4.99 Å². The lowest BCUT2D eigenvalue weighted by Gasteiger charge is -2.35. The standard InChI is InChI=1S/C16H13F3N2OS/c17-16(18,19)15(22)11-23-14(20-12-7-3-1-4-8-12)21(15)13-9-5-2-6-10-13/h1-10,22H,11H2/t15-/m0/s1. The Balaban J connectivity index is 2.09. The summed E-state index contributed by atoms with van der Waals surface area (Å²) in [6, 6.07) is 16.7. The average molecular weight is 338 g/mol. The molecule has 0 unspecified atom stereocenters. The molecule has 23 heavy (non-hydrogen) atoms. The van der Waals surface area contributed by atoms with Crippen molar-refractivity contribution < 1.29 is 18.3 Å². The van der Waals surface area contributed by atoms with Crippen molar-refractivity contribution in [3.8, 4) is 0 Å². The molecule has 0 aromatic heterocycles. The molecular weight excluding hydrogens is 325 g/mol. The van der Waals surface area contributed by atoms with Crippen LogP contribution >= 0.6 is 11.8 Å². The van der Waals surface area contributed by atoms with Gasteiger partial charge in [-0.3, -0.25) is 4.90 Å². The van der Waals surface area contributed by atoms with E-state index in [1.807, 2.05) is 0 Å². The van der Waals surface area contributed by atoms with Crippen LogP contribution in [0.2, 0.25) is 0 Å². The van der Waals surface area contributed by atoms with Crippen LogP contribution in [-0.2, 0) is 0 Å². The number of hydrogen-bond donors (Lipinski definition) is 1. The first kappa shape index (κ1) is 15.9. The highest BCUT2D eigenvalue weighted by Gasteiger charge is 2.62. The summed E-state index contributed by atoms with van der Waals surface area (Å²) in [5, 5.41) is 10.4. The highest BCUT2D eigenvalue weighted by atomic mass is 32.2. The van der Waals surface area contributed by atoms with Gasteiger partial charge < -0.3 is 5.11 Å². The maximum atomic E-state index is 13.4. The largest absolute Gasteiger partial charge is 0.437 e. The molecule has 120 valence electrons. The lowest BCUT2D eigenvalue weighted by Crippen LogP contribution is -2.58. The molecule has 2 aromatic carbocycles. The number of aliphatic imine (C=N–C) groups is 1. The molecule has 1 aliphatic heterocycles.